The first kappa shape index (κ1) is 13.3. The highest BCUT2D eigenvalue weighted by molar-refractivity contribution is 5.01. The lowest BCUT2D eigenvalue weighted by Crippen LogP contribution is -2.12. The molecule has 0 saturated carbocycles. The van der Waals surface area contributed by atoms with E-state index in [4.69, 9.17) is 0 Å². The minimum absolute atomic E-state index is 0.460. The zero-order chi connectivity index (χ0) is 11.0. The van der Waals surface area contributed by atoms with Gasteiger partial charge in [-0.2, -0.15) is 0 Å². The summed E-state index contributed by atoms with van der Waals surface area (Å²) in [6.45, 7) is 13.8. The minimum Gasteiger partial charge on any atom is -0.391 e. The van der Waals surface area contributed by atoms with Crippen LogP contribution in [0.2, 0.25) is 0 Å². The molecule has 0 aliphatic rings. The van der Waals surface area contributed by atoms with Crippen molar-refractivity contribution in [3.8, 4) is 0 Å². The van der Waals surface area contributed by atoms with Gasteiger partial charge in [0.1, 0.15) is 0 Å². The van der Waals surface area contributed by atoms with Gasteiger partial charge in [0.05, 0.1) is 0 Å². The molecule has 0 aliphatic heterocycles. The van der Waals surface area contributed by atoms with Crippen molar-refractivity contribution in [2.24, 2.45) is 5.41 Å². The van der Waals surface area contributed by atoms with Crippen molar-refractivity contribution in [1.29, 1.82) is 0 Å². The topological polar surface area (TPSA) is 12.0 Å². The highest BCUT2D eigenvalue weighted by Crippen LogP contribution is 2.19. The van der Waals surface area contributed by atoms with Gasteiger partial charge in [0.15, 0.2) is 0 Å². The fraction of sp³-hybridized carbons (Fsp3) is 0.692. The molecule has 0 aromatic rings. The van der Waals surface area contributed by atoms with Crippen LogP contribution in [0.3, 0.4) is 0 Å². The summed E-state index contributed by atoms with van der Waals surface area (Å²) in [5.74, 6) is 0. The average molecular weight is 195 g/mol. The summed E-state index contributed by atoms with van der Waals surface area (Å²) in [5, 5.41) is 3.33. The summed E-state index contributed by atoms with van der Waals surface area (Å²) in [6.07, 6.45) is 7.52. The molecule has 0 aliphatic carbocycles. The molecule has 0 rings (SSSR count). The first-order chi connectivity index (χ1) is 6.45. The SMILES string of the molecule is C=CC/C(C)=C/NCCCC(C)(C)C. The Kier molecular flexibility index (Phi) is 6.35. The van der Waals surface area contributed by atoms with Gasteiger partial charge >= 0.3 is 0 Å². The molecule has 0 aromatic heterocycles. The number of hydrogen-bond donors (Lipinski definition) is 1. The van der Waals surface area contributed by atoms with Crippen LogP contribution in [0.25, 0.3) is 0 Å². The molecule has 0 fully saturated rings. The van der Waals surface area contributed by atoms with Crippen LogP contribution in [0.4, 0.5) is 0 Å². The van der Waals surface area contributed by atoms with Crippen molar-refractivity contribution < 1.29 is 0 Å². The van der Waals surface area contributed by atoms with Crippen LogP contribution in [0.15, 0.2) is 24.4 Å². The Bertz CT molecular complexity index is 184. The van der Waals surface area contributed by atoms with Crippen LogP contribution in [-0.4, -0.2) is 6.54 Å². The van der Waals surface area contributed by atoms with E-state index in [9.17, 15) is 0 Å². The van der Waals surface area contributed by atoms with E-state index in [1.807, 2.05) is 6.08 Å². The van der Waals surface area contributed by atoms with E-state index in [0.29, 0.717) is 5.41 Å². The van der Waals surface area contributed by atoms with Crippen LogP contribution in [-0.2, 0) is 0 Å². The summed E-state index contributed by atoms with van der Waals surface area (Å²) in [7, 11) is 0. The summed E-state index contributed by atoms with van der Waals surface area (Å²) in [5.41, 5.74) is 1.80. The Morgan fingerprint density at radius 1 is 1.36 bits per heavy atom. The first-order valence-electron chi connectivity index (χ1n) is 5.45. The van der Waals surface area contributed by atoms with Crippen molar-refractivity contribution in [3.05, 3.63) is 24.4 Å². The van der Waals surface area contributed by atoms with Gasteiger partial charge < -0.3 is 5.32 Å². The van der Waals surface area contributed by atoms with E-state index in [2.05, 4.69) is 45.8 Å². The molecule has 0 bridgehead atoms. The molecule has 0 amide bonds. The van der Waals surface area contributed by atoms with Gasteiger partial charge in [-0.25, -0.2) is 0 Å². The summed E-state index contributed by atoms with van der Waals surface area (Å²) >= 11 is 0. The Balaban J connectivity index is 3.46. The molecule has 1 nitrogen and oxygen atoms in total. The highest BCUT2D eigenvalue weighted by Gasteiger charge is 2.08. The normalized spacial score (nSPS) is 12.7. The Morgan fingerprint density at radius 2 is 2.00 bits per heavy atom. The quantitative estimate of drug-likeness (QED) is 0.501. The van der Waals surface area contributed by atoms with E-state index in [-0.39, 0.29) is 0 Å². The van der Waals surface area contributed by atoms with Crippen molar-refractivity contribution in [1.82, 2.24) is 5.32 Å². The van der Waals surface area contributed by atoms with E-state index in [1.165, 1.54) is 18.4 Å². The molecule has 0 saturated heterocycles. The Hall–Kier alpha value is -0.720. The third-order valence-corrected chi connectivity index (χ3v) is 2.06. The van der Waals surface area contributed by atoms with Gasteiger partial charge in [-0.1, -0.05) is 32.4 Å². The fourth-order valence-electron chi connectivity index (χ4n) is 1.25. The van der Waals surface area contributed by atoms with Gasteiger partial charge in [0, 0.05) is 6.54 Å². The molecule has 0 spiro atoms. The predicted molar refractivity (Wildman–Crippen MR) is 65.3 cm³/mol. The average Bonchev–Trinajstić information content (AvgIpc) is 2.02. The fourth-order valence-corrected chi connectivity index (χ4v) is 1.25. The predicted octanol–water partition coefficient (Wildman–Crippen LogP) is 3.88. The second-order valence-electron chi connectivity index (χ2n) is 5.10. The van der Waals surface area contributed by atoms with E-state index < -0.39 is 0 Å². The largest absolute Gasteiger partial charge is 0.391 e. The van der Waals surface area contributed by atoms with Gasteiger partial charge in [0.2, 0.25) is 0 Å². The summed E-state index contributed by atoms with van der Waals surface area (Å²) in [6, 6.07) is 0. The molecule has 0 atom stereocenters. The Labute approximate surface area is 89.3 Å². The first-order valence-corrected chi connectivity index (χ1v) is 5.45. The van der Waals surface area contributed by atoms with Crippen LogP contribution >= 0.6 is 0 Å². The zero-order valence-electron chi connectivity index (χ0n) is 10.2. The third-order valence-electron chi connectivity index (χ3n) is 2.06. The number of rotatable bonds is 6. The van der Waals surface area contributed by atoms with Crippen molar-refractivity contribution >= 4 is 0 Å². The summed E-state index contributed by atoms with van der Waals surface area (Å²) < 4.78 is 0. The molecule has 0 heterocycles. The maximum Gasteiger partial charge on any atom is 0.0141 e. The lowest BCUT2D eigenvalue weighted by molar-refractivity contribution is 0.364. The maximum absolute atomic E-state index is 3.71. The molecule has 0 radical (unpaired) electrons. The van der Waals surface area contributed by atoms with Gasteiger partial charge in [-0.15, -0.1) is 6.58 Å². The number of nitrogens with one attached hydrogen (secondary N) is 1. The number of allylic oxidation sites excluding steroid dienone is 2. The second kappa shape index (κ2) is 6.69. The lowest BCUT2D eigenvalue weighted by atomic mass is 9.91. The smallest absolute Gasteiger partial charge is 0.0141 e. The number of hydrogen-bond acceptors (Lipinski definition) is 1. The highest BCUT2D eigenvalue weighted by atomic mass is 14.8. The van der Waals surface area contributed by atoms with Gasteiger partial charge in [0.25, 0.3) is 0 Å². The van der Waals surface area contributed by atoms with Gasteiger partial charge in [-0.05, 0) is 37.8 Å². The standard InChI is InChI=1S/C13H25N/c1-6-8-12(2)11-14-10-7-9-13(3,4)5/h6,11,14H,1,7-10H2,2-5H3/b12-11+. The molecule has 1 N–H and O–H groups in total. The van der Waals surface area contributed by atoms with Crippen LogP contribution in [0, 0.1) is 5.41 Å². The monoisotopic (exact) mass is 195 g/mol. The van der Waals surface area contributed by atoms with E-state index in [1.54, 1.807) is 0 Å². The molecule has 0 unspecified atom stereocenters. The van der Waals surface area contributed by atoms with Crippen molar-refractivity contribution in [2.75, 3.05) is 6.54 Å². The molecule has 14 heavy (non-hydrogen) atoms. The van der Waals surface area contributed by atoms with Crippen molar-refractivity contribution in [3.63, 3.8) is 0 Å². The van der Waals surface area contributed by atoms with Crippen LogP contribution in [0.1, 0.15) is 47.0 Å². The summed E-state index contributed by atoms with van der Waals surface area (Å²) in [4.78, 5) is 0. The van der Waals surface area contributed by atoms with Crippen molar-refractivity contribution in [2.45, 2.75) is 47.0 Å². The molecular weight excluding hydrogens is 170 g/mol. The molecular formula is C13H25N. The minimum atomic E-state index is 0.460. The van der Waals surface area contributed by atoms with E-state index >= 15 is 0 Å². The van der Waals surface area contributed by atoms with Crippen LogP contribution < -0.4 is 5.32 Å². The second-order valence-corrected chi connectivity index (χ2v) is 5.10. The lowest BCUT2D eigenvalue weighted by Gasteiger charge is -2.17. The molecule has 82 valence electrons. The third kappa shape index (κ3) is 9.37. The Morgan fingerprint density at radius 3 is 2.50 bits per heavy atom. The zero-order valence-corrected chi connectivity index (χ0v) is 10.2. The van der Waals surface area contributed by atoms with Crippen LogP contribution in [0.5, 0.6) is 0 Å². The van der Waals surface area contributed by atoms with E-state index in [0.717, 1.165) is 13.0 Å². The molecule has 1 heteroatoms. The molecule has 0 aromatic carbocycles. The van der Waals surface area contributed by atoms with Gasteiger partial charge in [-0.3, -0.25) is 0 Å². The maximum atomic E-state index is 3.71.